The minimum Gasteiger partial charge on any atom is -0.322 e. The van der Waals surface area contributed by atoms with E-state index in [0.717, 1.165) is 16.8 Å². The standard InChI is InChI=1S/C21H25NO/c1-15-7-6-10-20(16(15)2)22-21(23)19-13-11-18(12-14-19)17-8-4-3-5-9-17/h6-7,10-14,17H,3-5,8-9H2,1-2H3,(H,22,23). The lowest BCUT2D eigenvalue weighted by molar-refractivity contribution is 0.102. The van der Waals surface area contributed by atoms with Crippen molar-refractivity contribution in [3.8, 4) is 0 Å². The van der Waals surface area contributed by atoms with Gasteiger partial charge in [-0.2, -0.15) is 0 Å². The number of rotatable bonds is 3. The molecular formula is C21H25NO. The topological polar surface area (TPSA) is 29.1 Å². The molecule has 120 valence electrons. The van der Waals surface area contributed by atoms with Gasteiger partial charge in [0, 0.05) is 11.3 Å². The quantitative estimate of drug-likeness (QED) is 0.785. The van der Waals surface area contributed by atoms with E-state index >= 15 is 0 Å². The van der Waals surface area contributed by atoms with Gasteiger partial charge in [0.05, 0.1) is 0 Å². The minimum absolute atomic E-state index is 0.0334. The lowest BCUT2D eigenvalue weighted by Gasteiger charge is -2.22. The number of aryl methyl sites for hydroxylation is 1. The van der Waals surface area contributed by atoms with Gasteiger partial charge in [-0.25, -0.2) is 0 Å². The molecule has 0 aromatic heterocycles. The first-order valence-electron chi connectivity index (χ1n) is 8.62. The number of hydrogen-bond donors (Lipinski definition) is 1. The van der Waals surface area contributed by atoms with Crippen LogP contribution in [-0.2, 0) is 0 Å². The molecule has 1 aliphatic rings. The summed E-state index contributed by atoms with van der Waals surface area (Å²) < 4.78 is 0. The van der Waals surface area contributed by atoms with Crippen molar-refractivity contribution < 1.29 is 4.79 Å². The summed E-state index contributed by atoms with van der Waals surface area (Å²) >= 11 is 0. The van der Waals surface area contributed by atoms with Crippen LogP contribution in [0.3, 0.4) is 0 Å². The Labute approximate surface area is 138 Å². The Bertz CT molecular complexity index is 681. The third-order valence-corrected chi connectivity index (χ3v) is 5.10. The lowest BCUT2D eigenvalue weighted by atomic mass is 9.84. The molecule has 2 aromatic carbocycles. The molecule has 1 amide bonds. The molecule has 1 aliphatic carbocycles. The van der Waals surface area contributed by atoms with E-state index in [9.17, 15) is 4.79 Å². The van der Waals surface area contributed by atoms with Crippen LogP contribution in [0, 0.1) is 13.8 Å². The second-order valence-electron chi connectivity index (χ2n) is 6.66. The Morgan fingerprint density at radius 2 is 1.65 bits per heavy atom. The molecule has 2 heteroatoms. The Hall–Kier alpha value is -2.09. The van der Waals surface area contributed by atoms with E-state index in [1.807, 2.05) is 31.2 Å². The molecule has 1 saturated carbocycles. The van der Waals surface area contributed by atoms with E-state index in [0.29, 0.717) is 5.92 Å². The SMILES string of the molecule is Cc1cccc(NC(=O)c2ccc(C3CCCCC3)cc2)c1C. The maximum absolute atomic E-state index is 12.5. The number of nitrogens with one attached hydrogen (secondary N) is 1. The van der Waals surface area contributed by atoms with Crippen molar-refractivity contribution in [2.75, 3.05) is 5.32 Å². The number of anilines is 1. The predicted molar refractivity (Wildman–Crippen MR) is 96.1 cm³/mol. The first-order valence-corrected chi connectivity index (χ1v) is 8.62. The molecule has 0 unspecified atom stereocenters. The maximum Gasteiger partial charge on any atom is 0.255 e. The van der Waals surface area contributed by atoms with Crippen LogP contribution in [0.1, 0.15) is 65.1 Å². The molecule has 1 fully saturated rings. The Morgan fingerprint density at radius 1 is 0.957 bits per heavy atom. The summed E-state index contributed by atoms with van der Waals surface area (Å²) in [4.78, 5) is 12.5. The van der Waals surface area contributed by atoms with Crippen molar-refractivity contribution in [2.45, 2.75) is 51.9 Å². The zero-order valence-electron chi connectivity index (χ0n) is 14.1. The third-order valence-electron chi connectivity index (χ3n) is 5.10. The number of benzene rings is 2. The van der Waals surface area contributed by atoms with E-state index in [-0.39, 0.29) is 5.91 Å². The molecule has 0 atom stereocenters. The smallest absolute Gasteiger partial charge is 0.255 e. The van der Waals surface area contributed by atoms with E-state index in [2.05, 4.69) is 30.4 Å². The first-order chi connectivity index (χ1) is 11.1. The number of hydrogen-bond acceptors (Lipinski definition) is 1. The van der Waals surface area contributed by atoms with Crippen LogP contribution in [0.2, 0.25) is 0 Å². The molecule has 0 spiro atoms. The number of carbonyl (C=O) groups is 1. The number of carbonyl (C=O) groups excluding carboxylic acids is 1. The van der Waals surface area contributed by atoms with Crippen LogP contribution in [0.4, 0.5) is 5.69 Å². The van der Waals surface area contributed by atoms with Crippen molar-refractivity contribution in [1.29, 1.82) is 0 Å². The van der Waals surface area contributed by atoms with Gasteiger partial charge in [0.25, 0.3) is 5.91 Å². The molecule has 0 saturated heterocycles. The van der Waals surface area contributed by atoms with Crippen LogP contribution in [0.5, 0.6) is 0 Å². The Kier molecular flexibility index (Phi) is 4.80. The van der Waals surface area contributed by atoms with Crippen LogP contribution < -0.4 is 5.32 Å². The van der Waals surface area contributed by atoms with Gasteiger partial charge in [-0.1, -0.05) is 43.5 Å². The molecule has 2 nitrogen and oxygen atoms in total. The zero-order valence-corrected chi connectivity index (χ0v) is 14.1. The number of amides is 1. The van der Waals surface area contributed by atoms with Gasteiger partial charge < -0.3 is 5.32 Å². The van der Waals surface area contributed by atoms with Crippen LogP contribution in [-0.4, -0.2) is 5.91 Å². The Morgan fingerprint density at radius 3 is 2.35 bits per heavy atom. The molecule has 3 rings (SSSR count). The summed E-state index contributed by atoms with van der Waals surface area (Å²) in [6.07, 6.45) is 6.61. The highest BCUT2D eigenvalue weighted by molar-refractivity contribution is 6.04. The molecule has 0 radical (unpaired) electrons. The largest absolute Gasteiger partial charge is 0.322 e. The molecule has 23 heavy (non-hydrogen) atoms. The summed E-state index contributed by atoms with van der Waals surface area (Å²) in [5.41, 5.74) is 5.32. The first kappa shape index (κ1) is 15.8. The van der Waals surface area contributed by atoms with Gasteiger partial charge in [0.1, 0.15) is 0 Å². The van der Waals surface area contributed by atoms with Gasteiger partial charge in [0.15, 0.2) is 0 Å². The van der Waals surface area contributed by atoms with Crippen molar-refractivity contribution >= 4 is 11.6 Å². The molecule has 0 heterocycles. The van der Waals surface area contributed by atoms with E-state index < -0.39 is 0 Å². The molecule has 1 N–H and O–H groups in total. The zero-order chi connectivity index (χ0) is 16.2. The second-order valence-corrected chi connectivity index (χ2v) is 6.66. The fraction of sp³-hybridized carbons (Fsp3) is 0.381. The van der Waals surface area contributed by atoms with E-state index in [4.69, 9.17) is 0 Å². The van der Waals surface area contributed by atoms with Crippen LogP contribution >= 0.6 is 0 Å². The summed E-state index contributed by atoms with van der Waals surface area (Å²) in [5.74, 6) is 0.647. The van der Waals surface area contributed by atoms with Gasteiger partial charge in [-0.15, -0.1) is 0 Å². The minimum atomic E-state index is -0.0334. The van der Waals surface area contributed by atoms with Crippen LogP contribution in [0.25, 0.3) is 0 Å². The fourth-order valence-corrected chi connectivity index (χ4v) is 3.42. The van der Waals surface area contributed by atoms with Crippen molar-refractivity contribution in [3.05, 3.63) is 64.7 Å². The summed E-state index contributed by atoms with van der Waals surface area (Å²) in [6, 6.07) is 14.2. The highest BCUT2D eigenvalue weighted by Crippen LogP contribution is 2.32. The summed E-state index contributed by atoms with van der Waals surface area (Å²) in [7, 11) is 0. The highest BCUT2D eigenvalue weighted by Gasteiger charge is 2.16. The van der Waals surface area contributed by atoms with Gasteiger partial charge >= 0.3 is 0 Å². The average Bonchev–Trinajstić information content (AvgIpc) is 2.60. The Balaban J connectivity index is 1.71. The molecule has 0 bridgehead atoms. The van der Waals surface area contributed by atoms with Crippen molar-refractivity contribution in [2.24, 2.45) is 0 Å². The van der Waals surface area contributed by atoms with E-state index in [1.165, 1.54) is 43.2 Å². The maximum atomic E-state index is 12.5. The van der Waals surface area contributed by atoms with Gasteiger partial charge in [0.2, 0.25) is 0 Å². The van der Waals surface area contributed by atoms with Crippen molar-refractivity contribution in [3.63, 3.8) is 0 Å². The van der Waals surface area contributed by atoms with Gasteiger partial charge in [-0.05, 0) is 67.5 Å². The van der Waals surface area contributed by atoms with Crippen LogP contribution in [0.15, 0.2) is 42.5 Å². The third kappa shape index (κ3) is 3.64. The molecule has 0 aliphatic heterocycles. The van der Waals surface area contributed by atoms with Gasteiger partial charge in [-0.3, -0.25) is 4.79 Å². The summed E-state index contributed by atoms with van der Waals surface area (Å²) in [5, 5.41) is 3.03. The monoisotopic (exact) mass is 307 g/mol. The molecule has 2 aromatic rings. The summed E-state index contributed by atoms with van der Waals surface area (Å²) in [6.45, 7) is 4.10. The second kappa shape index (κ2) is 6.99. The normalized spacial score (nSPS) is 15.4. The fourth-order valence-electron chi connectivity index (χ4n) is 3.42. The predicted octanol–water partition coefficient (Wildman–Crippen LogP) is 5.60. The average molecular weight is 307 g/mol. The lowest BCUT2D eigenvalue weighted by Crippen LogP contribution is -2.13. The van der Waals surface area contributed by atoms with Crippen molar-refractivity contribution in [1.82, 2.24) is 0 Å². The highest BCUT2D eigenvalue weighted by atomic mass is 16.1. The van der Waals surface area contributed by atoms with E-state index in [1.54, 1.807) is 0 Å². The molecular weight excluding hydrogens is 282 g/mol.